The molecule has 2 aromatic carbocycles. The zero-order valence-corrected chi connectivity index (χ0v) is 18.6. The molecule has 0 aromatic heterocycles. The van der Waals surface area contributed by atoms with Crippen LogP contribution in [-0.4, -0.2) is 23.5 Å². The van der Waals surface area contributed by atoms with Gasteiger partial charge in [0.1, 0.15) is 0 Å². The molecule has 0 heterocycles. The third-order valence-corrected chi connectivity index (χ3v) is 6.05. The number of hydrogen-bond donors (Lipinski definition) is 6. The molecule has 0 amide bonds. The molecule has 0 spiro atoms. The van der Waals surface area contributed by atoms with E-state index in [-0.39, 0.29) is 11.4 Å². The van der Waals surface area contributed by atoms with E-state index in [0.29, 0.717) is 41.0 Å². The van der Waals surface area contributed by atoms with Crippen LogP contribution >= 0.6 is 0 Å². The van der Waals surface area contributed by atoms with Crippen molar-refractivity contribution in [1.82, 2.24) is 5.32 Å². The van der Waals surface area contributed by atoms with Crippen LogP contribution in [0.5, 0.6) is 0 Å². The monoisotopic (exact) mass is 431 g/mol. The predicted molar refractivity (Wildman–Crippen MR) is 131 cm³/mol. The van der Waals surface area contributed by atoms with Crippen molar-refractivity contribution in [2.75, 3.05) is 5.73 Å². The molecule has 0 unspecified atom stereocenters. The molecule has 1 fully saturated rings. The molecular weight excluding hydrogens is 398 g/mol. The molecule has 0 radical (unpaired) electrons. The zero-order valence-electron chi connectivity index (χ0n) is 18.6. The molecular formula is C25H33N7. The van der Waals surface area contributed by atoms with E-state index in [1.54, 1.807) is 24.3 Å². The molecule has 2 aromatic rings. The van der Waals surface area contributed by atoms with Crippen molar-refractivity contribution in [3.05, 3.63) is 70.8 Å². The number of nitrogen functional groups attached to an aromatic ring is 1. The van der Waals surface area contributed by atoms with E-state index in [1.807, 2.05) is 19.1 Å². The van der Waals surface area contributed by atoms with Crippen molar-refractivity contribution in [2.24, 2.45) is 10.8 Å². The highest BCUT2D eigenvalue weighted by molar-refractivity contribution is 6.47. The maximum atomic E-state index is 8.54. The van der Waals surface area contributed by atoms with E-state index in [0.717, 1.165) is 37.8 Å². The fourth-order valence-electron chi connectivity index (χ4n) is 4.12. The summed E-state index contributed by atoms with van der Waals surface area (Å²) in [7, 11) is 0. The van der Waals surface area contributed by atoms with Crippen molar-refractivity contribution in [2.45, 2.75) is 57.7 Å². The van der Waals surface area contributed by atoms with Gasteiger partial charge in [-0.1, -0.05) is 36.4 Å². The number of nitrogens with two attached hydrogens (primary N) is 2. The van der Waals surface area contributed by atoms with Crippen molar-refractivity contribution in [3.63, 3.8) is 0 Å². The predicted octanol–water partition coefficient (Wildman–Crippen LogP) is 4.65. The fraction of sp³-hybridized carbons (Fsp3) is 0.360. The van der Waals surface area contributed by atoms with Crippen LogP contribution in [0.1, 0.15) is 54.9 Å². The Bertz CT molecular complexity index is 1020. The minimum absolute atomic E-state index is 0.0897. The van der Waals surface area contributed by atoms with E-state index in [1.165, 1.54) is 5.56 Å². The third-order valence-electron chi connectivity index (χ3n) is 6.05. The summed E-state index contributed by atoms with van der Waals surface area (Å²) in [5.74, 6) is 0. The van der Waals surface area contributed by atoms with E-state index in [9.17, 15) is 0 Å². The first-order valence-corrected chi connectivity index (χ1v) is 11.1. The maximum Gasteiger partial charge on any atom is 0.0879 e. The van der Waals surface area contributed by atoms with Crippen molar-refractivity contribution in [3.8, 4) is 0 Å². The molecule has 8 N–H and O–H groups in total. The SMILES string of the molecule is CC=C(N=N)c1ccc(N)c(C(=N)C(=N)Cc2cccc(CNC3CCC(N)CC3)c2)c1. The summed E-state index contributed by atoms with van der Waals surface area (Å²) in [6.07, 6.45) is 6.48. The number of allylic oxidation sites excluding steroid dienone is 1. The van der Waals surface area contributed by atoms with Gasteiger partial charge in [-0.05, 0) is 55.9 Å². The Kier molecular flexibility index (Phi) is 8.03. The summed E-state index contributed by atoms with van der Waals surface area (Å²) in [6.45, 7) is 2.60. The van der Waals surface area contributed by atoms with Crippen LogP contribution in [0.3, 0.4) is 0 Å². The van der Waals surface area contributed by atoms with Crippen molar-refractivity contribution < 1.29 is 0 Å². The molecule has 7 heteroatoms. The molecule has 32 heavy (non-hydrogen) atoms. The zero-order chi connectivity index (χ0) is 23.1. The number of rotatable bonds is 9. The third kappa shape index (κ3) is 5.96. The number of hydrogen-bond acceptors (Lipinski definition) is 7. The summed E-state index contributed by atoms with van der Waals surface area (Å²) in [4.78, 5) is 0. The van der Waals surface area contributed by atoms with Gasteiger partial charge in [0.2, 0.25) is 0 Å². The lowest BCUT2D eigenvalue weighted by Crippen LogP contribution is -2.37. The lowest BCUT2D eigenvalue weighted by Gasteiger charge is -2.27. The highest BCUT2D eigenvalue weighted by Crippen LogP contribution is 2.23. The first-order valence-electron chi connectivity index (χ1n) is 11.1. The normalized spacial score (nSPS) is 18.9. The van der Waals surface area contributed by atoms with Gasteiger partial charge in [-0.2, -0.15) is 5.11 Å². The van der Waals surface area contributed by atoms with E-state index in [4.69, 9.17) is 27.8 Å². The van der Waals surface area contributed by atoms with E-state index in [2.05, 4.69) is 22.6 Å². The molecule has 0 bridgehead atoms. The van der Waals surface area contributed by atoms with E-state index >= 15 is 0 Å². The molecule has 0 atom stereocenters. The minimum Gasteiger partial charge on any atom is -0.398 e. The second-order valence-electron chi connectivity index (χ2n) is 8.43. The van der Waals surface area contributed by atoms with Crippen LogP contribution in [0.4, 0.5) is 5.69 Å². The van der Waals surface area contributed by atoms with Gasteiger partial charge in [-0.15, -0.1) is 0 Å². The van der Waals surface area contributed by atoms with E-state index < -0.39 is 0 Å². The van der Waals surface area contributed by atoms with Crippen LogP contribution < -0.4 is 16.8 Å². The number of benzene rings is 2. The fourth-order valence-corrected chi connectivity index (χ4v) is 4.12. The summed E-state index contributed by atoms with van der Waals surface area (Å²) in [5.41, 5.74) is 24.0. The summed E-state index contributed by atoms with van der Waals surface area (Å²) in [6, 6.07) is 14.2. The molecule has 3 rings (SSSR count). The van der Waals surface area contributed by atoms with Gasteiger partial charge < -0.3 is 22.2 Å². The van der Waals surface area contributed by atoms with Gasteiger partial charge in [0.05, 0.1) is 17.1 Å². The first kappa shape index (κ1) is 23.5. The molecule has 0 aliphatic heterocycles. The summed E-state index contributed by atoms with van der Waals surface area (Å²) >= 11 is 0. The van der Waals surface area contributed by atoms with Gasteiger partial charge >= 0.3 is 0 Å². The smallest absolute Gasteiger partial charge is 0.0879 e. The van der Waals surface area contributed by atoms with Gasteiger partial charge in [0, 0.05) is 41.9 Å². The molecule has 0 saturated heterocycles. The Hall–Kier alpha value is -3.16. The molecule has 168 valence electrons. The average molecular weight is 432 g/mol. The van der Waals surface area contributed by atoms with Crippen molar-refractivity contribution >= 4 is 22.8 Å². The Balaban J connectivity index is 1.65. The summed E-state index contributed by atoms with van der Waals surface area (Å²) < 4.78 is 0. The number of anilines is 1. The Morgan fingerprint density at radius 1 is 1.09 bits per heavy atom. The first-order chi connectivity index (χ1) is 15.4. The van der Waals surface area contributed by atoms with Crippen LogP contribution in [0.2, 0.25) is 0 Å². The Morgan fingerprint density at radius 3 is 2.50 bits per heavy atom. The Morgan fingerprint density at radius 2 is 1.81 bits per heavy atom. The highest BCUT2D eigenvalue weighted by atomic mass is 15.0. The topological polar surface area (TPSA) is 148 Å². The van der Waals surface area contributed by atoms with Gasteiger partial charge in [0.15, 0.2) is 0 Å². The Labute approximate surface area is 189 Å². The maximum absolute atomic E-state index is 8.54. The largest absolute Gasteiger partial charge is 0.398 e. The van der Waals surface area contributed by atoms with Gasteiger partial charge in [-0.3, -0.25) is 5.41 Å². The lowest BCUT2D eigenvalue weighted by atomic mass is 9.91. The second kappa shape index (κ2) is 10.9. The average Bonchev–Trinajstić information content (AvgIpc) is 2.80. The highest BCUT2D eigenvalue weighted by Gasteiger charge is 2.18. The standard InChI is InChI=1S/C25H33N7/c1-2-24(32-30)18-6-11-22(27)21(14-18)25(29)23(28)13-16-4-3-5-17(12-16)15-31-20-9-7-19(26)8-10-20/h2-6,11-12,14,19-20,28-31H,7-10,13,15,26-27H2,1H3. The molecule has 7 nitrogen and oxygen atoms in total. The molecule has 1 aliphatic carbocycles. The number of nitrogens with one attached hydrogen (secondary N) is 4. The number of nitrogens with zero attached hydrogens (tertiary/aromatic N) is 1. The molecule has 1 aliphatic rings. The molecule has 1 saturated carbocycles. The second-order valence-corrected chi connectivity index (χ2v) is 8.43. The quantitative estimate of drug-likeness (QED) is 0.195. The lowest BCUT2D eigenvalue weighted by molar-refractivity contribution is 0.342. The summed E-state index contributed by atoms with van der Waals surface area (Å²) in [5, 5.41) is 24.2. The minimum atomic E-state index is 0.0897. The van der Waals surface area contributed by atoms with Gasteiger partial charge in [-0.25, -0.2) is 5.53 Å². The van der Waals surface area contributed by atoms with Crippen LogP contribution in [0.15, 0.2) is 53.7 Å². The van der Waals surface area contributed by atoms with Crippen molar-refractivity contribution in [1.29, 1.82) is 16.3 Å². The van der Waals surface area contributed by atoms with Gasteiger partial charge in [0.25, 0.3) is 0 Å². The van der Waals surface area contributed by atoms with Crippen LogP contribution in [0, 0.1) is 16.3 Å². The van der Waals surface area contributed by atoms with Crippen LogP contribution in [-0.2, 0) is 13.0 Å². The van der Waals surface area contributed by atoms with Crippen LogP contribution in [0.25, 0.3) is 5.70 Å².